The molecule has 0 saturated heterocycles. The van der Waals surface area contributed by atoms with Crippen LogP contribution >= 0.6 is 11.6 Å². The lowest BCUT2D eigenvalue weighted by Crippen LogP contribution is -2.36. The number of H-pyrrole nitrogens is 1. The summed E-state index contributed by atoms with van der Waals surface area (Å²) in [5.41, 5.74) is 7.75. The lowest BCUT2D eigenvalue weighted by molar-refractivity contribution is -0.122. The number of ketones is 1. The second kappa shape index (κ2) is 8.96. The number of benzene rings is 1. The molecule has 1 saturated carbocycles. The second-order valence-electron chi connectivity index (χ2n) is 7.91. The van der Waals surface area contributed by atoms with E-state index in [1.165, 1.54) is 10.9 Å². The van der Waals surface area contributed by atoms with Gasteiger partial charge in [-0.2, -0.15) is 10.2 Å². The quantitative estimate of drug-likeness (QED) is 0.491. The van der Waals surface area contributed by atoms with Gasteiger partial charge >= 0.3 is 0 Å². The third-order valence-electron chi connectivity index (χ3n) is 5.92. The van der Waals surface area contributed by atoms with Crippen molar-refractivity contribution in [1.82, 2.24) is 20.0 Å². The van der Waals surface area contributed by atoms with Crippen molar-refractivity contribution in [1.29, 1.82) is 0 Å². The third kappa shape index (κ3) is 4.16. The Morgan fingerprint density at radius 2 is 1.94 bits per heavy atom. The molecule has 10 heteroatoms. The number of carbonyl (C=O) groups excluding carboxylic acids is 3. The number of hydrogen-bond donors (Lipinski definition) is 3. The molecule has 0 spiro atoms. The SMILES string of the molecule is Cn1ncc(NC(=O)C2CCCC[C@@H]2C(=O)c2ccc(-c3ccn[nH]3)cc2Cl)c1C(N)=O. The largest absolute Gasteiger partial charge is 0.364 e. The second-order valence-corrected chi connectivity index (χ2v) is 8.32. The third-order valence-corrected chi connectivity index (χ3v) is 6.23. The molecule has 1 aromatic carbocycles. The first-order valence-electron chi connectivity index (χ1n) is 10.3. The molecule has 4 rings (SSSR count). The molecule has 1 unspecified atom stereocenters. The average molecular weight is 455 g/mol. The fourth-order valence-electron chi connectivity index (χ4n) is 4.30. The van der Waals surface area contributed by atoms with Crippen LogP contribution in [0.15, 0.2) is 36.7 Å². The first kappa shape index (κ1) is 21.8. The van der Waals surface area contributed by atoms with Gasteiger partial charge in [0.1, 0.15) is 5.69 Å². The minimum absolute atomic E-state index is 0.106. The number of nitrogens with two attached hydrogens (primary N) is 1. The van der Waals surface area contributed by atoms with Crippen molar-refractivity contribution < 1.29 is 14.4 Å². The van der Waals surface area contributed by atoms with E-state index in [-0.39, 0.29) is 23.1 Å². The Kier molecular flexibility index (Phi) is 6.09. The van der Waals surface area contributed by atoms with Crippen molar-refractivity contribution >= 4 is 34.9 Å². The Balaban J connectivity index is 1.56. The van der Waals surface area contributed by atoms with E-state index < -0.39 is 17.7 Å². The smallest absolute Gasteiger partial charge is 0.269 e. The molecule has 4 N–H and O–H groups in total. The van der Waals surface area contributed by atoms with E-state index in [1.807, 2.05) is 6.07 Å². The maximum atomic E-state index is 13.4. The van der Waals surface area contributed by atoms with Crippen LogP contribution in [0.4, 0.5) is 5.69 Å². The van der Waals surface area contributed by atoms with Gasteiger partial charge in [-0.25, -0.2) is 0 Å². The fourth-order valence-corrected chi connectivity index (χ4v) is 4.58. The molecular weight excluding hydrogens is 432 g/mol. The van der Waals surface area contributed by atoms with Crippen molar-refractivity contribution in [3.63, 3.8) is 0 Å². The Bertz CT molecular complexity index is 1170. The van der Waals surface area contributed by atoms with Crippen molar-refractivity contribution in [2.24, 2.45) is 24.6 Å². The predicted molar refractivity (Wildman–Crippen MR) is 119 cm³/mol. The summed E-state index contributed by atoms with van der Waals surface area (Å²) < 4.78 is 1.31. The van der Waals surface area contributed by atoms with E-state index in [0.717, 1.165) is 24.1 Å². The lowest BCUT2D eigenvalue weighted by atomic mass is 9.75. The summed E-state index contributed by atoms with van der Waals surface area (Å²) in [5, 5.41) is 13.9. The topological polar surface area (TPSA) is 136 Å². The molecule has 2 amide bonds. The van der Waals surface area contributed by atoms with Gasteiger partial charge in [0.25, 0.3) is 5.91 Å². The number of carbonyl (C=O) groups is 3. The number of aromatic nitrogens is 4. The van der Waals surface area contributed by atoms with Crippen LogP contribution in [0.1, 0.15) is 46.5 Å². The standard InChI is InChI=1S/C22H23ClN6O3/c1-29-19(21(24)31)18(11-26-29)27-22(32)14-5-3-2-4-13(14)20(30)15-7-6-12(10-16(15)23)17-8-9-25-28-17/h6-11,13-14H,2-5H2,1H3,(H2,24,31)(H,25,28)(H,27,32)/t13-,14?/m0/s1. The van der Waals surface area contributed by atoms with Crippen molar-refractivity contribution in [3.8, 4) is 11.3 Å². The summed E-state index contributed by atoms with van der Waals surface area (Å²) in [6.45, 7) is 0. The van der Waals surface area contributed by atoms with Gasteiger partial charge in [0.2, 0.25) is 5.91 Å². The monoisotopic (exact) mass is 454 g/mol. The van der Waals surface area contributed by atoms with Crippen LogP contribution in [0.3, 0.4) is 0 Å². The van der Waals surface area contributed by atoms with Crippen LogP contribution in [0, 0.1) is 11.8 Å². The Morgan fingerprint density at radius 1 is 1.19 bits per heavy atom. The van der Waals surface area contributed by atoms with Gasteiger partial charge in [0.15, 0.2) is 5.78 Å². The molecule has 3 aromatic rings. The van der Waals surface area contributed by atoms with Crippen molar-refractivity contribution in [2.45, 2.75) is 25.7 Å². The average Bonchev–Trinajstić information content (AvgIpc) is 3.43. The molecule has 2 aromatic heterocycles. The number of halogens is 1. The number of Topliss-reactive ketones (excluding diaryl/α,β-unsaturated/α-hetero) is 1. The zero-order chi connectivity index (χ0) is 22.8. The highest BCUT2D eigenvalue weighted by Gasteiger charge is 2.37. The first-order chi connectivity index (χ1) is 15.4. The van der Waals surface area contributed by atoms with Gasteiger partial charge in [0, 0.05) is 36.2 Å². The lowest BCUT2D eigenvalue weighted by Gasteiger charge is -2.29. The minimum atomic E-state index is -0.694. The zero-order valence-corrected chi connectivity index (χ0v) is 18.2. The summed E-state index contributed by atoms with van der Waals surface area (Å²) in [6, 6.07) is 7.03. The van der Waals surface area contributed by atoms with E-state index in [2.05, 4.69) is 20.6 Å². The number of nitrogens with one attached hydrogen (secondary N) is 2. The zero-order valence-electron chi connectivity index (χ0n) is 17.5. The van der Waals surface area contributed by atoms with Crippen LogP contribution in [0.25, 0.3) is 11.3 Å². The highest BCUT2D eigenvalue weighted by molar-refractivity contribution is 6.34. The number of aromatic amines is 1. The number of aryl methyl sites for hydroxylation is 1. The molecule has 166 valence electrons. The van der Waals surface area contributed by atoms with Crippen molar-refractivity contribution in [2.75, 3.05) is 5.32 Å². The highest BCUT2D eigenvalue weighted by Crippen LogP contribution is 2.36. The van der Waals surface area contributed by atoms with E-state index in [4.69, 9.17) is 17.3 Å². The van der Waals surface area contributed by atoms with Crippen LogP contribution < -0.4 is 11.1 Å². The maximum Gasteiger partial charge on any atom is 0.269 e. The molecule has 1 aliphatic rings. The Labute approximate surface area is 189 Å². The molecule has 32 heavy (non-hydrogen) atoms. The molecule has 0 bridgehead atoms. The summed E-state index contributed by atoms with van der Waals surface area (Å²) in [7, 11) is 1.57. The molecule has 2 heterocycles. The number of nitrogens with zero attached hydrogens (tertiary/aromatic N) is 3. The van der Waals surface area contributed by atoms with E-state index in [1.54, 1.807) is 31.4 Å². The molecule has 0 radical (unpaired) electrons. The number of anilines is 1. The summed E-state index contributed by atoms with van der Waals surface area (Å²) >= 11 is 6.46. The molecular formula is C22H23ClN6O3. The van der Waals surface area contributed by atoms with Gasteiger partial charge in [-0.15, -0.1) is 0 Å². The molecule has 1 fully saturated rings. The van der Waals surface area contributed by atoms with Crippen LogP contribution in [0.2, 0.25) is 5.02 Å². The Hall–Kier alpha value is -3.46. The number of rotatable bonds is 6. The number of amides is 2. The van der Waals surface area contributed by atoms with Gasteiger partial charge in [-0.1, -0.05) is 30.5 Å². The molecule has 2 atom stereocenters. The minimum Gasteiger partial charge on any atom is -0.364 e. The van der Waals surface area contributed by atoms with Crippen LogP contribution in [-0.2, 0) is 11.8 Å². The maximum absolute atomic E-state index is 13.4. The van der Waals surface area contributed by atoms with Crippen LogP contribution in [0.5, 0.6) is 0 Å². The van der Waals surface area contributed by atoms with Gasteiger partial charge in [0.05, 0.1) is 22.6 Å². The summed E-state index contributed by atoms with van der Waals surface area (Å²) in [6.07, 6.45) is 5.86. The summed E-state index contributed by atoms with van der Waals surface area (Å²) in [4.78, 5) is 38.2. The van der Waals surface area contributed by atoms with Crippen molar-refractivity contribution in [3.05, 3.63) is 52.9 Å². The van der Waals surface area contributed by atoms with Gasteiger partial charge < -0.3 is 11.1 Å². The summed E-state index contributed by atoms with van der Waals surface area (Å²) in [5.74, 6) is -2.23. The van der Waals surface area contributed by atoms with Gasteiger partial charge in [-0.05, 0) is 31.0 Å². The van der Waals surface area contributed by atoms with E-state index >= 15 is 0 Å². The molecule has 1 aliphatic carbocycles. The Morgan fingerprint density at radius 3 is 2.59 bits per heavy atom. The van der Waals surface area contributed by atoms with Gasteiger partial charge in [-0.3, -0.25) is 24.2 Å². The predicted octanol–water partition coefficient (Wildman–Crippen LogP) is 3.19. The normalized spacial score (nSPS) is 18.3. The first-order valence-corrected chi connectivity index (χ1v) is 10.7. The van der Waals surface area contributed by atoms with E-state index in [0.29, 0.717) is 23.4 Å². The van der Waals surface area contributed by atoms with Crippen LogP contribution in [-0.4, -0.2) is 37.6 Å². The number of primary amides is 1. The van der Waals surface area contributed by atoms with E-state index in [9.17, 15) is 14.4 Å². The molecule has 0 aliphatic heterocycles. The fraction of sp³-hybridized carbons (Fsp3) is 0.318. The molecule has 9 nitrogen and oxygen atoms in total. The number of hydrogen-bond acceptors (Lipinski definition) is 5. The highest BCUT2D eigenvalue weighted by atomic mass is 35.5.